The van der Waals surface area contributed by atoms with Crippen LogP contribution < -0.4 is 0 Å². The van der Waals surface area contributed by atoms with Gasteiger partial charge in [-0.25, -0.2) is 0 Å². The predicted molar refractivity (Wildman–Crippen MR) is 73.5 cm³/mol. The van der Waals surface area contributed by atoms with E-state index in [9.17, 15) is 0 Å². The van der Waals surface area contributed by atoms with Crippen LogP contribution in [0.25, 0.3) is 0 Å². The van der Waals surface area contributed by atoms with Gasteiger partial charge in [-0.15, -0.1) is 0 Å². The Balaban J connectivity index is 0. The molecule has 6 heteroatoms. The molecule has 0 aliphatic rings. The SMILES string of the molecule is CC(C)(C)OP(=S)(S)OC(C)(C)C.[SnH2]. The van der Waals surface area contributed by atoms with Crippen LogP contribution in [0.5, 0.6) is 0 Å². The third kappa shape index (κ3) is 11.8. The minimum atomic E-state index is -2.41. The summed E-state index contributed by atoms with van der Waals surface area (Å²) >= 11 is 9.43. The maximum absolute atomic E-state index is 5.57. The molecule has 0 fully saturated rings. The fourth-order valence-electron chi connectivity index (χ4n) is 0.711. The second-order valence-corrected chi connectivity index (χ2v) is 10.0. The van der Waals surface area contributed by atoms with Crippen molar-refractivity contribution in [2.45, 2.75) is 52.7 Å². The van der Waals surface area contributed by atoms with Crippen LogP contribution in [0.4, 0.5) is 0 Å². The van der Waals surface area contributed by atoms with Gasteiger partial charge in [-0.1, -0.05) is 12.2 Å². The number of hydrogen-bond acceptors (Lipinski definition) is 3. The summed E-state index contributed by atoms with van der Waals surface area (Å²) in [5.74, 6) is 0. The van der Waals surface area contributed by atoms with E-state index < -0.39 is 5.69 Å². The average molecular weight is 363 g/mol. The molecule has 86 valence electrons. The summed E-state index contributed by atoms with van der Waals surface area (Å²) in [5.41, 5.74) is -3.01. The van der Waals surface area contributed by atoms with Gasteiger partial charge >= 0.3 is 23.9 Å². The first-order valence-electron chi connectivity index (χ1n) is 4.16. The number of rotatable bonds is 2. The molecule has 0 N–H and O–H groups in total. The summed E-state index contributed by atoms with van der Waals surface area (Å²) < 4.78 is 11.1. The molecule has 0 spiro atoms. The van der Waals surface area contributed by atoms with E-state index in [0.717, 1.165) is 0 Å². The summed E-state index contributed by atoms with van der Waals surface area (Å²) in [4.78, 5) is 0. The molecule has 2 nitrogen and oxygen atoms in total. The zero-order valence-electron chi connectivity index (χ0n) is 9.83. The van der Waals surface area contributed by atoms with Crippen molar-refractivity contribution in [2.75, 3.05) is 0 Å². The van der Waals surface area contributed by atoms with Crippen LogP contribution in [0.15, 0.2) is 0 Å². The quantitative estimate of drug-likeness (QED) is 0.463. The van der Waals surface area contributed by atoms with Gasteiger partial charge in [-0.05, 0) is 53.3 Å². The molecule has 2 radical (unpaired) electrons. The Bertz CT molecular complexity index is 200. The second-order valence-electron chi connectivity index (χ2n) is 4.88. The first-order valence-corrected chi connectivity index (χ1v) is 7.95. The fourth-order valence-corrected chi connectivity index (χ4v) is 4.94. The summed E-state index contributed by atoms with van der Waals surface area (Å²) in [5, 5.41) is 0. The molecular formula is C8H21O2PS2Sn. The molecule has 0 aromatic carbocycles. The molecule has 0 heterocycles. The van der Waals surface area contributed by atoms with Gasteiger partial charge in [0.15, 0.2) is 0 Å². The molecule has 0 aliphatic heterocycles. The Hall–Kier alpha value is 1.72. The van der Waals surface area contributed by atoms with Gasteiger partial charge in [-0.2, -0.15) is 0 Å². The summed E-state index contributed by atoms with van der Waals surface area (Å²) in [6.07, 6.45) is 0. The van der Waals surface area contributed by atoms with Crippen molar-refractivity contribution >= 4 is 53.7 Å². The van der Waals surface area contributed by atoms with Gasteiger partial charge in [0.25, 0.3) is 0 Å². The van der Waals surface area contributed by atoms with Crippen molar-refractivity contribution in [1.29, 1.82) is 0 Å². The van der Waals surface area contributed by atoms with E-state index in [4.69, 9.17) is 20.9 Å². The van der Waals surface area contributed by atoms with Crippen molar-refractivity contribution < 1.29 is 9.05 Å². The van der Waals surface area contributed by atoms with Gasteiger partial charge < -0.3 is 9.05 Å². The third-order valence-corrected chi connectivity index (χ3v) is 3.27. The van der Waals surface area contributed by atoms with Gasteiger partial charge in [0.1, 0.15) is 0 Å². The fraction of sp³-hybridized carbons (Fsp3) is 1.00. The molecule has 0 bridgehead atoms. The number of thiol groups is 1. The molecule has 0 unspecified atom stereocenters. The van der Waals surface area contributed by atoms with Gasteiger partial charge in [0.05, 0.1) is 11.2 Å². The molecule has 0 atom stereocenters. The van der Waals surface area contributed by atoms with Crippen LogP contribution in [0.3, 0.4) is 0 Å². The molecule has 0 rings (SSSR count). The van der Waals surface area contributed by atoms with Crippen molar-refractivity contribution in [3.05, 3.63) is 0 Å². The summed E-state index contributed by atoms with van der Waals surface area (Å²) in [7, 11) is 0. The Kier molecular flexibility index (Phi) is 7.59. The summed E-state index contributed by atoms with van der Waals surface area (Å²) in [6.45, 7) is 11.6. The molecular weight excluding hydrogens is 342 g/mol. The van der Waals surface area contributed by atoms with Crippen LogP contribution in [-0.2, 0) is 20.9 Å². The first-order chi connectivity index (χ1) is 5.41. The first kappa shape index (κ1) is 18.1. The van der Waals surface area contributed by atoms with Gasteiger partial charge in [-0.3, -0.25) is 0 Å². The normalized spacial score (nSPS) is 13.6. The van der Waals surface area contributed by atoms with Crippen molar-refractivity contribution in [2.24, 2.45) is 0 Å². The van der Waals surface area contributed by atoms with Crippen LogP contribution in [0, 0.1) is 0 Å². The van der Waals surface area contributed by atoms with E-state index >= 15 is 0 Å². The average Bonchev–Trinajstić information content (AvgIpc) is 1.43. The van der Waals surface area contributed by atoms with Crippen molar-refractivity contribution in [3.8, 4) is 0 Å². The third-order valence-electron chi connectivity index (χ3n) is 0.778. The van der Waals surface area contributed by atoms with E-state index in [1.54, 1.807) is 0 Å². The Morgan fingerprint density at radius 2 is 1.14 bits per heavy atom. The Morgan fingerprint density at radius 1 is 0.929 bits per heavy atom. The topological polar surface area (TPSA) is 18.5 Å². The van der Waals surface area contributed by atoms with Crippen LogP contribution in [0.2, 0.25) is 0 Å². The van der Waals surface area contributed by atoms with E-state index in [-0.39, 0.29) is 35.1 Å². The Labute approximate surface area is 115 Å². The maximum atomic E-state index is 5.57. The van der Waals surface area contributed by atoms with Crippen LogP contribution in [0.1, 0.15) is 41.5 Å². The second kappa shape index (κ2) is 5.87. The monoisotopic (exact) mass is 364 g/mol. The van der Waals surface area contributed by atoms with E-state index in [1.165, 1.54) is 0 Å². The van der Waals surface area contributed by atoms with E-state index in [2.05, 4.69) is 12.2 Å². The molecule has 0 aliphatic carbocycles. The predicted octanol–water partition coefficient (Wildman–Crippen LogP) is 2.85. The van der Waals surface area contributed by atoms with Gasteiger partial charge in [0.2, 0.25) is 5.69 Å². The molecule has 0 amide bonds. The molecule has 0 saturated carbocycles. The minimum absolute atomic E-state index is 0. The zero-order chi connectivity index (χ0) is 10.9. The molecule has 14 heavy (non-hydrogen) atoms. The van der Waals surface area contributed by atoms with Crippen molar-refractivity contribution in [3.63, 3.8) is 0 Å². The van der Waals surface area contributed by atoms with Crippen molar-refractivity contribution in [1.82, 2.24) is 0 Å². The van der Waals surface area contributed by atoms with E-state index in [0.29, 0.717) is 0 Å². The van der Waals surface area contributed by atoms with Gasteiger partial charge in [0, 0.05) is 0 Å². The summed E-state index contributed by atoms with van der Waals surface area (Å²) in [6, 6.07) is 0. The Morgan fingerprint density at radius 3 is 1.29 bits per heavy atom. The standard InChI is InChI=1S/C8H19O2PS2.Sn.2H/c1-7(2,3)9-11(12,13)10-8(4,5)6;;;/h1-6H3,(H,12,13);;;. The van der Waals surface area contributed by atoms with E-state index in [1.807, 2.05) is 41.5 Å². The van der Waals surface area contributed by atoms with Crippen LogP contribution in [-0.4, -0.2) is 35.1 Å². The molecule has 0 saturated heterocycles. The molecule has 0 aromatic rings. The number of hydrogen-bond donors (Lipinski definition) is 1. The zero-order valence-corrected chi connectivity index (χ0v) is 16.5. The molecule has 0 aromatic heterocycles. The van der Waals surface area contributed by atoms with Crippen LogP contribution >= 0.6 is 17.9 Å².